The standard InChI is InChI=1S/C23H19N3O2/c1-15-7-5-8-17(13-15)22(27)25-18-9-6-10-19(14-18)26-16(2)24-21-12-4-3-11-20(21)23(26)28/h3-14H,1-2H3,(H,25,27). The minimum absolute atomic E-state index is 0.134. The molecule has 1 amide bonds. The molecule has 1 N–H and O–H groups in total. The second-order valence-corrected chi connectivity index (χ2v) is 6.69. The largest absolute Gasteiger partial charge is 0.322 e. The summed E-state index contributed by atoms with van der Waals surface area (Å²) in [5.74, 6) is 0.396. The molecule has 138 valence electrons. The van der Waals surface area contributed by atoms with Crippen LogP contribution in [-0.4, -0.2) is 15.5 Å². The van der Waals surface area contributed by atoms with Gasteiger partial charge in [0.1, 0.15) is 5.82 Å². The maximum Gasteiger partial charge on any atom is 0.265 e. The van der Waals surface area contributed by atoms with Crippen LogP contribution in [0, 0.1) is 13.8 Å². The Kier molecular flexibility index (Phi) is 4.49. The van der Waals surface area contributed by atoms with Gasteiger partial charge in [-0.25, -0.2) is 4.98 Å². The number of rotatable bonds is 3. The number of nitrogens with one attached hydrogen (secondary N) is 1. The van der Waals surface area contributed by atoms with Crippen LogP contribution in [0.3, 0.4) is 0 Å². The third kappa shape index (κ3) is 3.30. The number of carbonyl (C=O) groups excluding carboxylic acids is 1. The van der Waals surface area contributed by atoms with E-state index in [9.17, 15) is 9.59 Å². The summed E-state index contributed by atoms with van der Waals surface area (Å²) in [6.45, 7) is 3.74. The molecule has 1 aromatic heterocycles. The van der Waals surface area contributed by atoms with E-state index in [-0.39, 0.29) is 11.5 Å². The Morgan fingerprint density at radius 2 is 1.71 bits per heavy atom. The summed E-state index contributed by atoms with van der Waals surface area (Å²) in [5.41, 5.74) is 3.42. The summed E-state index contributed by atoms with van der Waals surface area (Å²) in [7, 11) is 0. The molecule has 3 aromatic carbocycles. The van der Waals surface area contributed by atoms with Crippen molar-refractivity contribution in [2.24, 2.45) is 0 Å². The summed E-state index contributed by atoms with van der Waals surface area (Å²) < 4.78 is 1.56. The van der Waals surface area contributed by atoms with Crippen molar-refractivity contribution in [1.82, 2.24) is 9.55 Å². The Bertz CT molecular complexity index is 1260. The molecule has 0 aliphatic carbocycles. The highest BCUT2D eigenvalue weighted by Gasteiger charge is 2.11. The van der Waals surface area contributed by atoms with E-state index in [2.05, 4.69) is 10.3 Å². The first-order chi connectivity index (χ1) is 13.5. The monoisotopic (exact) mass is 369 g/mol. The van der Waals surface area contributed by atoms with E-state index in [0.29, 0.717) is 33.7 Å². The van der Waals surface area contributed by atoms with Gasteiger partial charge in [0.2, 0.25) is 0 Å². The number of nitrogens with zero attached hydrogens (tertiary/aromatic N) is 2. The van der Waals surface area contributed by atoms with Crippen LogP contribution in [-0.2, 0) is 0 Å². The minimum atomic E-state index is -0.193. The number of carbonyl (C=O) groups is 1. The second-order valence-electron chi connectivity index (χ2n) is 6.69. The van der Waals surface area contributed by atoms with Gasteiger partial charge in [-0.05, 0) is 56.3 Å². The molecule has 0 bridgehead atoms. The molecular formula is C23H19N3O2. The molecule has 0 fully saturated rings. The molecule has 5 nitrogen and oxygen atoms in total. The smallest absolute Gasteiger partial charge is 0.265 e. The van der Waals surface area contributed by atoms with E-state index in [1.165, 1.54) is 0 Å². The van der Waals surface area contributed by atoms with Crippen molar-refractivity contribution in [3.63, 3.8) is 0 Å². The van der Waals surface area contributed by atoms with E-state index < -0.39 is 0 Å². The molecule has 0 aliphatic heterocycles. The summed E-state index contributed by atoms with van der Waals surface area (Å²) >= 11 is 0. The predicted octanol–water partition coefficient (Wildman–Crippen LogP) is 4.25. The molecule has 4 rings (SSSR count). The van der Waals surface area contributed by atoms with E-state index in [4.69, 9.17) is 0 Å². The molecule has 0 atom stereocenters. The van der Waals surface area contributed by atoms with Gasteiger partial charge < -0.3 is 5.32 Å². The molecule has 5 heteroatoms. The van der Waals surface area contributed by atoms with Crippen LogP contribution in [0.4, 0.5) is 5.69 Å². The Labute approximate surface area is 162 Å². The maximum atomic E-state index is 13.0. The van der Waals surface area contributed by atoms with Gasteiger partial charge in [-0.2, -0.15) is 0 Å². The SMILES string of the molecule is Cc1cccc(C(=O)Nc2cccc(-n3c(C)nc4ccccc4c3=O)c2)c1. The van der Waals surface area contributed by atoms with Gasteiger partial charge in [-0.15, -0.1) is 0 Å². The lowest BCUT2D eigenvalue weighted by atomic mass is 10.1. The average molecular weight is 369 g/mol. The third-order valence-electron chi connectivity index (χ3n) is 4.59. The fourth-order valence-electron chi connectivity index (χ4n) is 3.26. The lowest BCUT2D eigenvalue weighted by Gasteiger charge is -2.13. The van der Waals surface area contributed by atoms with Crippen molar-refractivity contribution in [3.8, 4) is 5.69 Å². The average Bonchev–Trinajstić information content (AvgIpc) is 2.68. The van der Waals surface area contributed by atoms with E-state index in [1.54, 1.807) is 35.8 Å². The van der Waals surface area contributed by atoms with Crippen molar-refractivity contribution in [3.05, 3.63) is 100 Å². The highest BCUT2D eigenvalue weighted by atomic mass is 16.1. The topological polar surface area (TPSA) is 64.0 Å². The number of aromatic nitrogens is 2. The molecule has 28 heavy (non-hydrogen) atoms. The zero-order chi connectivity index (χ0) is 19.7. The first-order valence-electron chi connectivity index (χ1n) is 9.00. The summed E-state index contributed by atoms with van der Waals surface area (Å²) in [5, 5.41) is 3.45. The van der Waals surface area contributed by atoms with E-state index in [0.717, 1.165) is 5.56 Å². The lowest BCUT2D eigenvalue weighted by molar-refractivity contribution is 0.102. The number of hydrogen-bond acceptors (Lipinski definition) is 3. The van der Waals surface area contributed by atoms with Gasteiger partial charge in [-0.3, -0.25) is 14.2 Å². The van der Waals surface area contributed by atoms with Crippen molar-refractivity contribution < 1.29 is 4.79 Å². The molecule has 4 aromatic rings. The van der Waals surface area contributed by atoms with Crippen LogP contribution in [0.2, 0.25) is 0 Å². The zero-order valence-electron chi connectivity index (χ0n) is 15.6. The first kappa shape index (κ1) is 17.7. The van der Waals surface area contributed by atoms with Crippen molar-refractivity contribution >= 4 is 22.5 Å². The van der Waals surface area contributed by atoms with Gasteiger partial charge in [-0.1, -0.05) is 35.9 Å². The maximum absolute atomic E-state index is 13.0. The van der Waals surface area contributed by atoms with Crippen LogP contribution >= 0.6 is 0 Å². The summed E-state index contributed by atoms with van der Waals surface area (Å²) in [4.78, 5) is 30.0. The van der Waals surface area contributed by atoms with Gasteiger partial charge in [0.05, 0.1) is 16.6 Å². The lowest BCUT2D eigenvalue weighted by Crippen LogP contribution is -2.22. The number of benzene rings is 3. The number of amides is 1. The number of anilines is 1. The number of aryl methyl sites for hydroxylation is 2. The fourth-order valence-corrected chi connectivity index (χ4v) is 3.26. The normalized spacial score (nSPS) is 10.8. The zero-order valence-corrected chi connectivity index (χ0v) is 15.6. The number of para-hydroxylation sites is 1. The van der Waals surface area contributed by atoms with Gasteiger partial charge in [0.15, 0.2) is 0 Å². The molecule has 0 radical (unpaired) electrons. The fraction of sp³-hybridized carbons (Fsp3) is 0.0870. The Balaban J connectivity index is 1.73. The van der Waals surface area contributed by atoms with Gasteiger partial charge in [0, 0.05) is 11.3 Å². The number of fused-ring (bicyclic) bond motifs is 1. The predicted molar refractivity (Wildman–Crippen MR) is 111 cm³/mol. The van der Waals surface area contributed by atoms with Crippen LogP contribution in [0.15, 0.2) is 77.6 Å². The Morgan fingerprint density at radius 1 is 0.929 bits per heavy atom. The Morgan fingerprint density at radius 3 is 2.54 bits per heavy atom. The summed E-state index contributed by atoms with van der Waals surface area (Å²) in [6, 6.07) is 21.9. The molecule has 0 spiro atoms. The second kappa shape index (κ2) is 7.12. The number of hydrogen-bond donors (Lipinski definition) is 1. The molecule has 0 saturated heterocycles. The van der Waals surface area contributed by atoms with Gasteiger partial charge in [0.25, 0.3) is 11.5 Å². The molecule has 0 aliphatic rings. The summed E-state index contributed by atoms with van der Waals surface area (Å²) in [6.07, 6.45) is 0. The van der Waals surface area contributed by atoms with Crippen molar-refractivity contribution in [1.29, 1.82) is 0 Å². The quantitative estimate of drug-likeness (QED) is 0.587. The van der Waals surface area contributed by atoms with Crippen LogP contribution in [0.25, 0.3) is 16.6 Å². The third-order valence-corrected chi connectivity index (χ3v) is 4.59. The Hall–Kier alpha value is -3.73. The highest BCUT2D eigenvalue weighted by molar-refractivity contribution is 6.04. The van der Waals surface area contributed by atoms with Crippen molar-refractivity contribution in [2.75, 3.05) is 5.32 Å². The van der Waals surface area contributed by atoms with E-state index in [1.807, 2.05) is 55.5 Å². The van der Waals surface area contributed by atoms with Gasteiger partial charge >= 0.3 is 0 Å². The molecule has 1 heterocycles. The molecule has 0 saturated carbocycles. The minimum Gasteiger partial charge on any atom is -0.322 e. The van der Waals surface area contributed by atoms with Crippen LogP contribution in [0.1, 0.15) is 21.7 Å². The van der Waals surface area contributed by atoms with Crippen LogP contribution < -0.4 is 10.9 Å². The first-order valence-corrected chi connectivity index (χ1v) is 9.00. The molecular weight excluding hydrogens is 350 g/mol. The van der Waals surface area contributed by atoms with Crippen molar-refractivity contribution in [2.45, 2.75) is 13.8 Å². The molecule has 0 unspecified atom stereocenters. The van der Waals surface area contributed by atoms with Crippen LogP contribution in [0.5, 0.6) is 0 Å². The highest BCUT2D eigenvalue weighted by Crippen LogP contribution is 2.17. The van der Waals surface area contributed by atoms with E-state index >= 15 is 0 Å².